The van der Waals surface area contributed by atoms with E-state index in [2.05, 4.69) is 4.74 Å². The first kappa shape index (κ1) is 16.6. The first-order chi connectivity index (χ1) is 9.05. The summed E-state index contributed by atoms with van der Waals surface area (Å²) in [6, 6.07) is 4.43. The van der Waals surface area contributed by atoms with Gasteiger partial charge in [-0.25, -0.2) is 0 Å². The van der Waals surface area contributed by atoms with Gasteiger partial charge in [-0.05, 0) is 24.1 Å². The minimum absolute atomic E-state index is 0.410. The average molecular weight is 301 g/mol. The number of nitrogens with two attached hydrogens (primary N) is 1. The van der Waals surface area contributed by atoms with E-state index in [1.807, 2.05) is 0 Å². The smallest absolute Gasteiger partial charge is 0.434 e. The Morgan fingerprint density at radius 2 is 1.65 bits per heavy atom. The fourth-order valence-corrected chi connectivity index (χ4v) is 1.51. The molecule has 1 atom stereocenters. The Hall–Kier alpha value is -1.44. The molecule has 2 nitrogen and oxygen atoms in total. The highest BCUT2D eigenvalue weighted by Crippen LogP contribution is 2.36. The van der Waals surface area contributed by atoms with Gasteiger partial charge in [0.15, 0.2) is 0 Å². The lowest BCUT2D eigenvalue weighted by atomic mass is 10.1. The number of rotatable bonds is 4. The van der Waals surface area contributed by atoms with Crippen molar-refractivity contribution in [1.29, 1.82) is 0 Å². The van der Waals surface area contributed by atoms with Crippen LogP contribution in [0.2, 0.25) is 0 Å². The standard InChI is InChI=1S/C12H13F6NO/c1-2-9(19)7-4-3-5-8(6-7)20-10(11(13,14)15)12(16,17)18/h3-6,9-10H,2,19H2,1H3. The number of hydrogen-bond acceptors (Lipinski definition) is 2. The SMILES string of the molecule is CCC(N)c1cccc(OC(C(F)(F)F)C(F)(F)F)c1. The van der Waals surface area contributed by atoms with Crippen LogP contribution in [-0.2, 0) is 0 Å². The van der Waals surface area contributed by atoms with Gasteiger partial charge >= 0.3 is 12.4 Å². The zero-order valence-corrected chi connectivity index (χ0v) is 10.4. The Morgan fingerprint density at radius 1 is 1.10 bits per heavy atom. The number of hydrogen-bond donors (Lipinski definition) is 1. The first-order valence-electron chi connectivity index (χ1n) is 5.71. The van der Waals surface area contributed by atoms with Crippen LogP contribution in [-0.4, -0.2) is 18.5 Å². The molecular weight excluding hydrogens is 288 g/mol. The van der Waals surface area contributed by atoms with Crippen LogP contribution in [0.15, 0.2) is 24.3 Å². The molecule has 1 unspecified atom stereocenters. The van der Waals surface area contributed by atoms with Gasteiger partial charge in [-0.3, -0.25) is 0 Å². The molecule has 8 heteroatoms. The Morgan fingerprint density at radius 3 is 2.10 bits per heavy atom. The molecule has 0 radical (unpaired) electrons. The van der Waals surface area contributed by atoms with E-state index in [0.717, 1.165) is 12.1 Å². The maximum absolute atomic E-state index is 12.4. The Bertz CT molecular complexity index is 428. The van der Waals surface area contributed by atoms with E-state index in [4.69, 9.17) is 5.73 Å². The van der Waals surface area contributed by atoms with Crippen molar-refractivity contribution in [3.05, 3.63) is 29.8 Å². The summed E-state index contributed by atoms with van der Waals surface area (Å²) >= 11 is 0. The molecule has 1 aromatic rings. The highest BCUT2D eigenvalue weighted by atomic mass is 19.4. The lowest BCUT2D eigenvalue weighted by Crippen LogP contribution is -2.46. The molecule has 0 amide bonds. The van der Waals surface area contributed by atoms with Gasteiger partial charge in [0.1, 0.15) is 5.75 Å². The quantitative estimate of drug-likeness (QED) is 0.854. The zero-order valence-electron chi connectivity index (χ0n) is 10.4. The largest absolute Gasteiger partial charge is 0.471 e. The molecule has 2 N–H and O–H groups in total. The van der Waals surface area contributed by atoms with E-state index >= 15 is 0 Å². The predicted octanol–water partition coefficient (Wildman–Crippen LogP) is 3.97. The van der Waals surface area contributed by atoms with Gasteiger partial charge in [0, 0.05) is 6.04 Å². The molecule has 1 aromatic carbocycles. The van der Waals surface area contributed by atoms with Crippen molar-refractivity contribution in [2.24, 2.45) is 5.73 Å². The van der Waals surface area contributed by atoms with E-state index in [1.165, 1.54) is 12.1 Å². The Balaban J connectivity index is 3.01. The minimum Gasteiger partial charge on any atom is -0.471 e. The summed E-state index contributed by atoms with van der Waals surface area (Å²) < 4.78 is 78.2. The predicted molar refractivity (Wildman–Crippen MR) is 60.2 cm³/mol. The normalized spacial score (nSPS) is 14.4. The monoisotopic (exact) mass is 301 g/mol. The van der Waals surface area contributed by atoms with Gasteiger partial charge in [-0.15, -0.1) is 0 Å². The van der Waals surface area contributed by atoms with Crippen molar-refractivity contribution < 1.29 is 31.1 Å². The summed E-state index contributed by atoms with van der Waals surface area (Å²) in [6.07, 6.45) is -14.4. The van der Waals surface area contributed by atoms with Crippen LogP contribution < -0.4 is 10.5 Å². The fraction of sp³-hybridized carbons (Fsp3) is 0.500. The zero-order chi connectivity index (χ0) is 15.6. The topological polar surface area (TPSA) is 35.2 Å². The molecule has 0 heterocycles. The summed E-state index contributed by atoms with van der Waals surface area (Å²) in [5, 5.41) is 0. The minimum atomic E-state index is -5.54. The Labute approximate surface area is 111 Å². The maximum atomic E-state index is 12.4. The lowest BCUT2D eigenvalue weighted by molar-refractivity contribution is -0.299. The van der Waals surface area contributed by atoms with E-state index in [0.29, 0.717) is 12.0 Å². The van der Waals surface area contributed by atoms with Crippen LogP contribution in [0.5, 0.6) is 5.75 Å². The molecule has 0 aliphatic heterocycles. The van der Waals surface area contributed by atoms with Gasteiger partial charge in [-0.1, -0.05) is 19.1 Å². The van der Waals surface area contributed by atoms with E-state index in [-0.39, 0.29) is 0 Å². The molecular formula is C12H13F6NO. The van der Waals surface area contributed by atoms with Crippen LogP contribution >= 0.6 is 0 Å². The van der Waals surface area contributed by atoms with Crippen molar-refractivity contribution in [1.82, 2.24) is 0 Å². The molecule has 0 aliphatic carbocycles. The highest BCUT2D eigenvalue weighted by Gasteiger charge is 2.59. The summed E-state index contributed by atoms with van der Waals surface area (Å²) in [6.45, 7) is 1.74. The number of halogens is 6. The second-order valence-corrected chi connectivity index (χ2v) is 4.17. The molecule has 0 saturated heterocycles. The second-order valence-electron chi connectivity index (χ2n) is 4.17. The van der Waals surface area contributed by atoms with E-state index in [1.54, 1.807) is 6.92 Å². The summed E-state index contributed by atoms with van der Waals surface area (Å²) in [5.41, 5.74) is 6.08. The van der Waals surface area contributed by atoms with Crippen molar-refractivity contribution in [3.8, 4) is 5.75 Å². The van der Waals surface area contributed by atoms with Crippen molar-refractivity contribution in [2.75, 3.05) is 0 Å². The summed E-state index contributed by atoms with van der Waals surface area (Å²) in [5.74, 6) is -0.522. The maximum Gasteiger partial charge on any atom is 0.434 e. The second kappa shape index (κ2) is 5.90. The third kappa shape index (κ3) is 4.29. The molecule has 0 fully saturated rings. The van der Waals surface area contributed by atoms with Crippen LogP contribution in [0.1, 0.15) is 24.9 Å². The van der Waals surface area contributed by atoms with Gasteiger partial charge < -0.3 is 10.5 Å². The summed E-state index contributed by atoms with van der Waals surface area (Å²) in [7, 11) is 0. The third-order valence-electron chi connectivity index (χ3n) is 2.57. The number of alkyl halides is 6. The van der Waals surface area contributed by atoms with Gasteiger partial charge in [0.05, 0.1) is 0 Å². The molecule has 1 rings (SSSR count). The van der Waals surface area contributed by atoms with E-state index < -0.39 is 30.2 Å². The highest BCUT2D eigenvalue weighted by molar-refractivity contribution is 5.30. The first-order valence-corrected chi connectivity index (χ1v) is 5.71. The lowest BCUT2D eigenvalue weighted by Gasteiger charge is -2.24. The van der Waals surface area contributed by atoms with Crippen molar-refractivity contribution in [3.63, 3.8) is 0 Å². The molecule has 0 aromatic heterocycles. The van der Waals surface area contributed by atoms with Crippen LogP contribution in [0, 0.1) is 0 Å². The molecule has 0 spiro atoms. The average Bonchev–Trinajstić information content (AvgIpc) is 2.32. The molecule has 20 heavy (non-hydrogen) atoms. The van der Waals surface area contributed by atoms with E-state index in [9.17, 15) is 26.3 Å². The number of benzene rings is 1. The van der Waals surface area contributed by atoms with Crippen molar-refractivity contribution >= 4 is 0 Å². The Kier molecular flexibility index (Phi) is 4.90. The van der Waals surface area contributed by atoms with Crippen LogP contribution in [0.3, 0.4) is 0 Å². The fourth-order valence-electron chi connectivity index (χ4n) is 1.51. The molecule has 0 aliphatic rings. The molecule has 0 saturated carbocycles. The molecule has 0 bridgehead atoms. The summed E-state index contributed by atoms with van der Waals surface area (Å²) in [4.78, 5) is 0. The van der Waals surface area contributed by atoms with Gasteiger partial charge in [0.2, 0.25) is 0 Å². The number of ether oxygens (including phenoxy) is 1. The molecule has 114 valence electrons. The van der Waals surface area contributed by atoms with Crippen LogP contribution in [0.25, 0.3) is 0 Å². The van der Waals surface area contributed by atoms with Gasteiger partial charge in [-0.2, -0.15) is 26.3 Å². The van der Waals surface area contributed by atoms with Crippen LogP contribution in [0.4, 0.5) is 26.3 Å². The van der Waals surface area contributed by atoms with Crippen molar-refractivity contribution in [2.45, 2.75) is 37.8 Å². The third-order valence-corrected chi connectivity index (χ3v) is 2.57. The van der Waals surface area contributed by atoms with Gasteiger partial charge in [0.25, 0.3) is 6.10 Å².